The number of aromatic hydroxyl groups is 1. The van der Waals surface area contributed by atoms with Crippen molar-refractivity contribution in [3.63, 3.8) is 0 Å². The summed E-state index contributed by atoms with van der Waals surface area (Å²) in [5, 5.41) is 9.67. The minimum absolute atomic E-state index is 0.337. The van der Waals surface area contributed by atoms with Crippen LogP contribution in [0.2, 0.25) is 0 Å². The molecule has 1 N–H and O–H groups in total. The standard InChI is InChI=1S/C12H16N2O/c15-12-2-1-7-13-11(12)8-14-9-3-4-10(14)6-5-9/h1-2,7,9-10,15H,3-6,8H2. The molecule has 0 amide bonds. The van der Waals surface area contributed by atoms with Crippen molar-refractivity contribution >= 4 is 0 Å². The fourth-order valence-corrected chi connectivity index (χ4v) is 3.00. The van der Waals surface area contributed by atoms with E-state index in [0.717, 1.165) is 24.3 Å². The number of aromatic nitrogens is 1. The molecule has 0 aliphatic carbocycles. The van der Waals surface area contributed by atoms with Crippen LogP contribution in [0.15, 0.2) is 18.3 Å². The van der Waals surface area contributed by atoms with Crippen LogP contribution in [0.4, 0.5) is 0 Å². The maximum Gasteiger partial charge on any atom is 0.138 e. The third kappa shape index (κ3) is 1.51. The zero-order chi connectivity index (χ0) is 10.3. The zero-order valence-corrected chi connectivity index (χ0v) is 8.76. The molecule has 2 aliphatic rings. The molecule has 0 atom stereocenters. The Hall–Kier alpha value is -1.09. The van der Waals surface area contributed by atoms with Crippen molar-refractivity contribution < 1.29 is 5.11 Å². The Morgan fingerprint density at radius 2 is 1.93 bits per heavy atom. The van der Waals surface area contributed by atoms with Crippen LogP contribution in [0.1, 0.15) is 31.4 Å². The summed E-state index contributed by atoms with van der Waals surface area (Å²) >= 11 is 0. The van der Waals surface area contributed by atoms with Gasteiger partial charge in [-0.25, -0.2) is 0 Å². The van der Waals surface area contributed by atoms with E-state index in [9.17, 15) is 5.11 Å². The maximum absolute atomic E-state index is 9.67. The highest BCUT2D eigenvalue weighted by Gasteiger charge is 2.39. The molecule has 3 rings (SSSR count). The Kier molecular flexibility index (Phi) is 2.13. The lowest BCUT2D eigenvalue weighted by atomic mass is 10.0. The maximum atomic E-state index is 9.67. The molecule has 0 unspecified atom stereocenters. The van der Waals surface area contributed by atoms with E-state index in [2.05, 4.69) is 9.88 Å². The average molecular weight is 204 g/mol. The van der Waals surface area contributed by atoms with Crippen molar-refractivity contribution in [2.24, 2.45) is 0 Å². The number of fused-ring (bicyclic) bond motifs is 2. The van der Waals surface area contributed by atoms with E-state index in [1.807, 2.05) is 0 Å². The Morgan fingerprint density at radius 3 is 2.53 bits per heavy atom. The van der Waals surface area contributed by atoms with Gasteiger partial charge in [0.15, 0.2) is 0 Å². The molecular weight excluding hydrogens is 188 g/mol. The third-order valence-corrected chi connectivity index (χ3v) is 3.80. The largest absolute Gasteiger partial charge is 0.506 e. The molecule has 0 saturated carbocycles. The van der Waals surface area contributed by atoms with Gasteiger partial charge in [0.25, 0.3) is 0 Å². The smallest absolute Gasteiger partial charge is 0.138 e. The first-order chi connectivity index (χ1) is 7.34. The Labute approximate surface area is 89.7 Å². The van der Waals surface area contributed by atoms with E-state index in [0.29, 0.717) is 5.75 Å². The molecule has 1 aromatic heterocycles. The van der Waals surface area contributed by atoms with Gasteiger partial charge in [-0.3, -0.25) is 9.88 Å². The Bertz CT molecular complexity index is 346. The van der Waals surface area contributed by atoms with Gasteiger partial charge in [-0.15, -0.1) is 0 Å². The van der Waals surface area contributed by atoms with Gasteiger partial charge in [0.05, 0.1) is 5.69 Å². The summed E-state index contributed by atoms with van der Waals surface area (Å²) in [5.41, 5.74) is 0.830. The molecule has 1 aromatic rings. The summed E-state index contributed by atoms with van der Waals surface area (Å²) in [7, 11) is 0. The van der Waals surface area contributed by atoms with Crippen LogP contribution in [0.3, 0.4) is 0 Å². The lowest BCUT2D eigenvalue weighted by Gasteiger charge is -2.21. The van der Waals surface area contributed by atoms with E-state index in [1.54, 1.807) is 18.3 Å². The van der Waals surface area contributed by atoms with Gasteiger partial charge in [0, 0.05) is 24.8 Å². The predicted molar refractivity (Wildman–Crippen MR) is 57.5 cm³/mol. The van der Waals surface area contributed by atoms with Gasteiger partial charge < -0.3 is 5.11 Å². The first-order valence-corrected chi connectivity index (χ1v) is 5.73. The fourth-order valence-electron chi connectivity index (χ4n) is 3.00. The van der Waals surface area contributed by atoms with Gasteiger partial charge >= 0.3 is 0 Å². The highest BCUT2D eigenvalue weighted by atomic mass is 16.3. The summed E-state index contributed by atoms with van der Waals surface area (Å²) in [6.45, 7) is 0.821. The number of nitrogens with zero attached hydrogens (tertiary/aromatic N) is 2. The molecule has 3 nitrogen and oxygen atoms in total. The van der Waals surface area contributed by atoms with Crippen molar-refractivity contribution in [3.05, 3.63) is 24.0 Å². The Morgan fingerprint density at radius 1 is 1.27 bits per heavy atom. The number of hydrogen-bond acceptors (Lipinski definition) is 3. The molecule has 0 spiro atoms. The van der Waals surface area contributed by atoms with Crippen LogP contribution in [-0.2, 0) is 6.54 Å². The van der Waals surface area contributed by atoms with Gasteiger partial charge in [-0.2, -0.15) is 0 Å². The molecule has 0 aromatic carbocycles. The van der Waals surface area contributed by atoms with E-state index in [-0.39, 0.29) is 0 Å². The first-order valence-electron chi connectivity index (χ1n) is 5.73. The SMILES string of the molecule is Oc1cccnc1CN1C2CCC1CC2. The molecule has 0 radical (unpaired) electrons. The van der Waals surface area contributed by atoms with Crippen LogP contribution in [-0.4, -0.2) is 27.1 Å². The van der Waals surface area contributed by atoms with Crippen LogP contribution in [0, 0.1) is 0 Å². The van der Waals surface area contributed by atoms with E-state index in [1.165, 1.54) is 25.7 Å². The summed E-state index contributed by atoms with van der Waals surface area (Å²) in [5.74, 6) is 0.337. The predicted octanol–water partition coefficient (Wildman–Crippen LogP) is 1.91. The number of hydrogen-bond donors (Lipinski definition) is 1. The third-order valence-electron chi connectivity index (χ3n) is 3.80. The second-order valence-electron chi connectivity index (χ2n) is 4.60. The topological polar surface area (TPSA) is 36.4 Å². The molecule has 2 bridgehead atoms. The van der Waals surface area contributed by atoms with Gasteiger partial charge in [0.2, 0.25) is 0 Å². The highest BCUT2D eigenvalue weighted by molar-refractivity contribution is 5.25. The fraction of sp³-hybridized carbons (Fsp3) is 0.583. The molecular formula is C12H16N2O. The lowest BCUT2D eigenvalue weighted by molar-refractivity contribution is 0.237. The van der Waals surface area contributed by atoms with Crippen LogP contribution < -0.4 is 0 Å². The minimum Gasteiger partial charge on any atom is -0.506 e. The quantitative estimate of drug-likeness (QED) is 0.799. The van der Waals surface area contributed by atoms with E-state index < -0.39 is 0 Å². The van der Waals surface area contributed by atoms with Gasteiger partial charge in [-0.05, 0) is 37.8 Å². The summed E-state index contributed by atoms with van der Waals surface area (Å²) in [6, 6.07) is 4.99. The number of rotatable bonds is 2. The molecule has 15 heavy (non-hydrogen) atoms. The molecule has 2 fully saturated rings. The monoisotopic (exact) mass is 204 g/mol. The zero-order valence-electron chi connectivity index (χ0n) is 8.76. The minimum atomic E-state index is 0.337. The summed E-state index contributed by atoms with van der Waals surface area (Å²) in [4.78, 5) is 6.76. The summed E-state index contributed by atoms with van der Waals surface area (Å²) in [6.07, 6.45) is 7.08. The van der Waals surface area contributed by atoms with Crippen LogP contribution in [0.25, 0.3) is 0 Å². The molecule has 2 aliphatic heterocycles. The number of pyridine rings is 1. The second-order valence-corrected chi connectivity index (χ2v) is 4.60. The Balaban J connectivity index is 1.78. The van der Waals surface area contributed by atoms with Crippen LogP contribution in [0.5, 0.6) is 5.75 Å². The normalized spacial score (nSPS) is 29.9. The average Bonchev–Trinajstić information content (AvgIpc) is 2.81. The first kappa shape index (κ1) is 9.16. The molecule has 80 valence electrons. The van der Waals surface area contributed by atoms with E-state index >= 15 is 0 Å². The second kappa shape index (κ2) is 3.49. The van der Waals surface area contributed by atoms with Crippen molar-refractivity contribution in [2.75, 3.05) is 0 Å². The van der Waals surface area contributed by atoms with Crippen molar-refractivity contribution in [1.29, 1.82) is 0 Å². The van der Waals surface area contributed by atoms with Gasteiger partial charge in [0.1, 0.15) is 5.75 Å². The molecule has 3 heteroatoms. The van der Waals surface area contributed by atoms with Crippen molar-refractivity contribution in [2.45, 2.75) is 44.3 Å². The van der Waals surface area contributed by atoms with Crippen LogP contribution >= 0.6 is 0 Å². The summed E-state index contributed by atoms with van der Waals surface area (Å²) < 4.78 is 0. The van der Waals surface area contributed by atoms with Crippen molar-refractivity contribution in [1.82, 2.24) is 9.88 Å². The van der Waals surface area contributed by atoms with Gasteiger partial charge in [-0.1, -0.05) is 0 Å². The highest BCUT2D eigenvalue weighted by Crippen LogP contribution is 2.38. The molecule has 3 heterocycles. The molecule has 2 saturated heterocycles. The van der Waals surface area contributed by atoms with E-state index in [4.69, 9.17) is 0 Å². The van der Waals surface area contributed by atoms with Crippen molar-refractivity contribution in [3.8, 4) is 5.75 Å². The lowest BCUT2D eigenvalue weighted by Crippen LogP contribution is -2.28.